The van der Waals surface area contributed by atoms with Gasteiger partial charge in [0, 0.05) is 6.20 Å². The molecule has 0 spiro atoms. The summed E-state index contributed by atoms with van der Waals surface area (Å²) < 4.78 is 2.53. The van der Waals surface area contributed by atoms with Gasteiger partial charge in [-0.15, -0.1) is 0 Å². The van der Waals surface area contributed by atoms with Crippen LogP contribution in [0.2, 0.25) is 5.02 Å². The van der Waals surface area contributed by atoms with Crippen LogP contribution in [0.15, 0.2) is 47.2 Å². The lowest BCUT2D eigenvalue weighted by atomic mass is 10.3. The number of aromatic nitrogens is 3. The highest BCUT2D eigenvalue weighted by atomic mass is 79.9. The summed E-state index contributed by atoms with van der Waals surface area (Å²) in [6.07, 6.45) is 1.62. The van der Waals surface area contributed by atoms with E-state index in [0.29, 0.717) is 5.02 Å². The molecule has 0 atom stereocenters. The summed E-state index contributed by atoms with van der Waals surface area (Å²) in [4.78, 5) is 4.32. The van der Waals surface area contributed by atoms with Crippen molar-refractivity contribution >= 4 is 38.6 Å². The monoisotopic (exact) mass is 307 g/mol. The second kappa shape index (κ2) is 4.13. The normalized spacial score (nSPS) is 10.9. The Bertz CT molecular complexity index is 679. The smallest absolute Gasteiger partial charge is 0.164 e. The summed E-state index contributed by atoms with van der Waals surface area (Å²) in [7, 11) is 0. The fourth-order valence-corrected chi connectivity index (χ4v) is 2.30. The Balaban J connectivity index is 2.32. The first-order valence-corrected chi connectivity index (χ1v) is 6.18. The quantitative estimate of drug-likeness (QED) is 0.684. The third-order valence-electron chi connectivity index (χ3n) is 2.44. The molecule has 0 fully saturated rings. The number of hydrogen-bond donors (Lipinski definition) is 0. The van der Waals surface area contributed by atoms with Gasteiger partial charge in [-0.1, -0.05) is 29.8 Å². The van der Waals surface area contributed by atoms with Crippen LogP contribution in [0, 0.1) is 0 Å². The minimum absolute atomic E-state index is 0.603. The van der Waals surface area contributed by atoms with Gasteiger partial charge in [-0.05, 0) is 34.1 Å². The van der Waals surface area contributed by atoms with Crippen LogP contribution >= 0.6 is 27.5 Å². The number of rotatable bonds is 1. The number of fused-ring (bicyclic) bond motifs is 1. The molecule has 84 valence electrons. The maximum atomic E-state index is 5.93. The van der Waals surface area contributed by atoms with Crippen LogP contribution in [0.5, 0.6) is 0 Å². The van der Waals surface area contributed by atoms with Crippen LogP contribution in [0.25, 0.3) is 16.7 Å². The number of hydrogen-bond acceptors (Lipinski definition) is 2. The molecule has 0 unspecified atom stereocenters. The molecule has 0 radical (unpaired) electrons. The summed E-state index contributed by atoms with van der Waals surface area (Å²) in [6.45, 7) is 0. The molecule has 0 saturated carbocycles. The molecule has 3 nitrogen and oxygen atoms in total. The fourth-order valence-electron chi connectivity index (χ4n) is 1.69. The molecule has 0 aliphatic heterocycles. The van der Waals surface area contributed by atoms with Crippen molar-refractivity contribution in [2.24, 2.45) is 0 Å². The highest BCUT2D eigenvalue weighted by Crippen LogP contribution is 2.26. The molecule has 5 heteroatoms. The van der Waals surface area contributed by atoms with Crippen LogP contribution in [0.1, 0.15) is 0 Å². The Morgan fingerprint density at radius 3 is 2.71 bits per heavy atom. The fraction of sp³-hybridized carbons (Fsp3) is 0. The van der Waals surface area contributed by atoms with Crippen LogP contribution in [-0.2, 0) is 0 Å². The summed E-state index contributed by atoms with van der Waals surface area (Å²) in [5, 5.41) is 5.92. The maximum absolute atomic E-state index is 5.93. The van der Waals surface area contributed by atoms with E-state index in [1.807, 2.05) is 36.4 Å². The molecule has 17 heavy (non-hydrogen) atoms. The molecule has 0 aliphatic rings. The minimum Gasteiger partial charge on any atom is -0.235 e. The van der Waals surface area contributed by atoms with Gasteiger partial charge in [0.2, 0.25) is 0 Å². The maximum Gasteiger partial charge on any atom is 0.164 e. The average molecular weight is 309 g/mol. The van der Waals surface area contributed by atoms with Gasteiger partial charge >= 0.3 is 0 Å². The second-order valence-electron chi connectivity index (χ2n) is 3.56. The predicted molar refractivity (Wildman–Crippen MR) is 71.6 cm³/mol. The first-order valence-electron chi connectivity index (χ1n) is 5.01. The zero-order chi connectivity index (χ0) is 11.8. The second-order valence-corrected chi connectivity index (χ2v) is 4.75. The van der Waals surface area contributed by atoms with E-state index in [1.54, 1.807) is 10.9 Å². The average Bonchev–Trinajstić information content (AvgIpc) is 2.68. The molecule has 0 amide bonds. The lowest BCUT2D eigenvalue weighted by molar-refractivity contribution is 0.886. The van der Waals surface area contributed by atoms with Gasteiger partial charge in [0.15, 0.2) is 5.65 Å². The SMILES string of the molecule is Clc1cnc2c(c1)c(Br)nn2-c1ccccc1. The molecule has 2 aromatic heterocycles. The third-order valence-corrected chi connectivity index (χ3v) is 3.24. The van der Waals surface area contributed by atoms with Gasteiger partial charge in [-0.3, -0.25) is 0 Å². The van der Waals surface area contributed by atoms with Crippen molar-refractivity contribution in [3.8, 4) is 5.69 Å². The van der Waals surface area contributed by atoms with Crippen molar-refractivity contribution < 1.29 is 0 Å². The zero-order valence-corrected chi connectivity index (χ0v) is 11.0. The van der Waals surface area contributed by atoms with E-state index >= 15 is 0 Å². The molecule has 1 aromatic carbocycles. The highest BCUT2D eigenvalue weighted by molar-refractivity contribution is 9.10. The van der Waals surface area contributed by atoms with Gasteiger partial charge < -0.3 is 0 Å². The lowest BCUT2D eigenvalue weighted by Gasteiger charge is -2.01. The Labute approximate surface area is 111 Å². The standard InChI is InChI=1S/C12H7BrClN3/c13-11-10-6-8(14)7-15-12(10)17(16-11)9-4-2-1-3-5-9/h1-7H. The largest absolute Gasteiger partial charge is 0.235 e. The molecular formula is C12H7BrClN3. The molecule has 3 aromatic rings. The van der Waals surface area contributed by atoms with Crippen molar-refractivity contribution in [1.29, 1.82) is 0 Å². The molecule has 0 aliphatic carbocycles. The topological polar surface area (TPSA) is 30.7 Å². The first-order chi connectivity index (χ1) is 8.25. The van der Waals surface area contributed by atoms with Gasteiger partial charge in [0.1, 0.15) is 4.60 Å². The van der Waals surface area contributed by atoms with E-state index in [1.165, 1.54) is 0 Å². The Morgan fingerprint density at radius 1 is 1.18 bits per heavy atom. The van der Waals surface area contributed by atoms with Crippen molar-refractivity contribution in [3.63, 3.8) is 0 Å². The predicted octanol–water partition coefficient (Wildman–Crippen LogP) is 3.84. The Kier molecular flexibility index (Phi) is 2.61. The van der Waals surface area contributed by atoms with E-state index in [-0.39, 0.29) is 0 Å². The van der Waals surface area contributed by atoms with Crippen LogP contribution < -0.4 is 0 Å². The molecule has 0 bridgehead atoms. The molecule has 3 rings (SSSR count). The number of halogens is 2. The molecule has 0 N–H and O–H groups in total. The summed E-state index contributed by atoms with van der Waals surface area (Å²) >= 11 is 9.34. The third kappa shape index (κ3) is 1.83. The van der Waals surface area contributed by atoms with Crippen molar-refractivity contribution in [2.75, 3.05) is 0 Å². The number of para-hydroxylation sites is 1. The van der Waals surface area contributed by atoms with Crippen LogP contribution in [0.4, 0.5) is 0 Å². The van der Waals surface area contributed by atoms with E-state index < -0.39 is 0 Å². The first kappa shape index (κ1) is 10.7. The van der Waals surface area contributed by atoms with Gasteiger partial charge in [-0.2, -0.15) is 5.10 Å². The van der Waals surface area contributed by atoms with E-state index in [4.69, 9.17) is 11.6 Å². The van der Waals surface area contributed by atoms with Crippen LogP contribution in [0.3, 0.4) is 0 Å². The molecule has 2 heterocycles. The minimum atomic E-state index is 0.603. The van der Waals surface area contributed by atoms with E-state index in [9.17, 15) is 0 Å². The van der Waals surface area contributed by atoms with Gasteiger partial charge in [0.05, 0.1) is 16.1 Å². The van der Waals surface area contributed by atoms with Crippen molar-refractivity contribution in [3.05, 3.63) is 52.2 Å². The van der Waals surface area contributed by atoms with E-state index in [2.05, 4.69) is 26.0 Å². The summed E-state index contributed by atoms with van der Waals surface area (Å²) in [6, 6.07) is 11.7. The number of nitrogens with zero attached hydrogens (tertiary/aromatic N) is 3. The molecule has 0 saturated heterocycles. The van der Waals surface area contributed by atoms with Crippen LogP contribution in [-0.4, -0.2) is 14.8 Å². The van der Waals surface area contributed by atoms with Crippen molar-refractivity contribution in [1.82, 2.24) is 14.8 Å². The molecular weight excluding hydrogens is 302 g/mol. The van der Waals surface area contributed by atoms with Gasteiger partial charge in [-0.25, -0.2) is 9.67 Å². The lowest BCUT2D eigenvalue weighted by Crippen LogP contribution is -1.96. The Hall–Kier alpha value is -1.39. The van der Waals surface area contributed by atoms with Gasteiger partial charge in [0.25, 0.3) is 0 Å². The van der Waals surface area contributed by atoms with Crippen molar-refractivity contribution in [2.45, 2.75) is 0 Å². The number of benzene rings is 1. The summed E-state index contributed by atoms with van der Waals surface area (Å²) in [5.74, 6) is 0. The Morgan fingerprint density at radius 2 is 1.94 bits per heavy atom. The van der Waals surface area contributed by atoms with E-state index in [0.717, 1.165) is 21.3 Å². The highest BCUT2D eigenvalue weighted by Gasteiger charge is 2.11. The zero-order valence-electron chi connectivity index (χ0n) is 8.64. The number of pyridine rings is 1. The summed E-state index contributed by atoms with van der Waals surface area (Å²) in [5.41, 5.74) is 1.76.